The molecule has 0 radical (unpaired) electrons. The van der Waals surface area contributed by atoms with Gasteiger partial charge < -0.3 is 14.6 Å². The molecule has 16 heavy (non-hydrogen) atoms. The third-order valence-electron chi connectivity index (χ3n) is 2.25. The summed E-state index contributed by atoms with van der Waals surface area (Å²) < 4.78 is 10.1. The Hall–Kier alpha value is -1.81. The molecule has 0 aliphatic carbocycles. The molecule has 0 fully saturated rings. The van der Waals surface area contributed by atoms with Gasteiger partial charge in [-0.2, -0.15) is 0 Å². The van der Waals surface area contributed by atoms with Crippen LogP contribution in [0.4, 0.5) is 0 Å². The van der Waals surface area contributed by atoms with E-state index in [1.807, 2.05) is 24.3 Å². The molecular weight excluding hydrogens is 204 g/mol. The topological polar surface area (TPSA) is 47.3 Å². The molecule has 0 atom stereocenters. The Balaban J connectivity index is 1.85. The zero-order valence-electron chi connectivity index (χ0n) is 9.14. The number of methoxy groups -OCH3 is 1. The van der Waals surface area contributed by atoms with Gasteiger partial charge in [-0.25, -0.2) is 0 Å². The monoisotopic (exact) mass is 218 g/mol. The van der Waals surface area contributed by atoms with Crippen LogP contribution in [0.15, 0.2) is 41.1 Å². The molecule has 0 unspecified atom stereocenters. The zero-order valence-corrected chi connectivity index (χ0v) is 9.14. The molecule has 0 spiro atoms. The van der Waals surface area contributed by atoms with Gasteiger partial charge in [-0.3, -0.25) is 0 Å². The lowest BCUT2D eigenvalue weighted by molar-refractivity contribution is 0.372. The number of hydrogen-bond acceptors (Lipinski definition) is 4. The molecule has 1 aromatic carbocycles. The Morgan fingerprint density at radius 3 is 3.00 bits per heavy atom. The van der Waals surface area contributed by atoms with E-state index in [9.17, 15) is 0 Å². The molecule has 84 valence electrons. The van der Waals surface area contributed by atoms with Crippen LogP contribution >= 0.6 is 0 Å². The number of hydrogen-bond donors (Lipinski definition) is 1. The van der Waals surface area contributed by atoms with Gasteiger partial charge in [0.05, 0.1) is 19.9 Å². The highest BCUT2D eigenvalue weighted by molar-refractivity contribution is 5.28. The molecule has 4 nitrogen and oxygen atoms in total. The Morgan fingerprint density at radius 2 is 2.25 bits per heavy atom. The molecule has 2 aromatic rings. The lowest BCUT2D eigenvalue weighted by atomic mass is 10.2. The van der Waals surface area contributed by atoms with Crippen LogP contribution < -0.4 is 10.1 Å². The van der Waals surface area contributed by atoms with E-state index in [1.165, 1.54) is 5.56 Å². The van der Waals surface area contributed by atoms with E-state index in [0.29, 0.717) is 6.54 Å². The molecule has 0 bridgehead atoms. The largest absolute Gasteiger partial charge is 0.497 e. The van der Waals surface area contributed by atoms with Crippen LogP contribution in [0.2, 0.25) is 0 Å². The molecule has 0 aliphatic heterocycles. The Labute approximate surface area is 94.2 Å². The highest BCUT2D eigenvalue weighted by Crippen LogP contribution is 2.12. The van der Waals surface area contributed by atoms with E-state index in [1.54, 1.807) is 13.3 Å². The van der Waals surface area contributed by atoms with Crippen LogP contribution in [-0.4, -0.2) is 12.3 Å². The van der Waals surface area contributed by atoms with Crippen molar-refractivity contribution in [3.63, 3.8) is 0 Å². The predicted octanol–water partition coefficient (Wildman–Crippen LogP) is 1.97. The van der Waals surface area contributed by atoms with E-state index >= 15 is 0 Å². The molecule has 0 saturated heterocycles. The molecular formula is C12H14N2O2. The van der Waals surface area contributed by atoms with Crippen molar-refractivity contribution in [3.8, 4) is 5.75 Å². The van der Waals surface area contributed by atoms with Gasteiger partial charge >= 0.3 is 0 Å². The highest BCUT2D eigenvalue weighted by Gasteiger charge is 1.98. The Bertz CT molecular complexity index is 426. The maximum Gasteiger partial charge on any atom is 0.150 e. The minimum atomic E-state index is 0.678. The third kappa shape index (κ3) is 2.84. The quantitative estimate of drug-likeness (QED) is 0.833. The molecule has 1 heterocycles. The van der Waals surface area contributed by atoms with Crippen molar-refractivity contribution in [3.05, 3.63) is 47.9 Å². The van der Waals surface area contributed by atoms with Gasteiger partial charge in [-0.15, -0.1) is 0 Å². The zero-order chi connectivity index (χ0) is 11.2. The maximum absolute atomic E-state index is 5.15. The standard InChI is InChI=1S/C12H14N2O2/c1-15-11-4-2-3-10(7-11)8-13-9-12-5-6-14-16-12/h2-7,13H,8-9H2,1H3. The summed E-state index contributed by atoms with van der Waals surface area (Å²) >= 11 is 0. The molecule has 0 amide bonds. The predicted molar refractivity (Wildman–Crippen MR) is 60.0 cm³/mol. The van der Waals surface area contributed by atoms with Crippen LogP contribution in [0, 0.1) is 0 Å². The first-order valence-electron chi connectivity index (χ1n) is 5.11. The normalized spacial score (nSPS) is 10.3. The molecule has 0 saturated carbocycles. The fourth-order valence-electron chi connectivity index (χ4n) is 1.45. The molecule has 0 aliphatic rings. The summed E-state index contributed by atoms with van der Waals surface area (Å²) in [5.74, 6) is 1.71. The Morgan fingerprint density at radius 1 is 1.31 bits per heavy atom. The fourth-order valence-corrected chi connectivity index (χ4v) is 1.45. The lowest BCUT2D eigenvalue weighted by Gasteiger charge is -2.04. The minimum absolute atomic E-state index is 0.678. The second-order valence-corrected chi connectivity index (χ2v) is 3.43. The van der Waals surface area contributed by atoms with Gasteiger partial charge in [0.1, 0.15) is 11.5 Å². The molecule has 1 N–H and O–H groups in total. The fraction of sp³-hybridized carbons (Fsp3) is 0.250. The second-order valence-electron chi connectivity index (χ2n) is 3.43. The number of nitrogens with one attached hydrogen (secondary N) is 1. The van der Waals surface area contributed by atoms with E-state index in [-0.39, 0.29) is 0 Å². The van der Waals surface area contributed by atoms with Crippen LogP contribution in [-0.2, 0) is 13.1 Å². The van der Waals surface area contributed by atoms with Crippen LogP contribution in [0.1, 0.15) is 11.3 Å². The van der Waals surface area contributed by atoms with Gasteiger partial charge in [0.15, 0.2) is 0 Å². The molecule has 4 heteroatoms. The van der Waals surface area contributed by atoms with E-state index in [2.05, 4.69) is 16.5 Å². The maximum atomic E-state index is 5.15. The summed E-state index contributed by atoms with van der Waals surface area (Å²) in [5.41, 5.74) is 1.18. The van der Waals surface area contributed by atoms with Gasteiger partial charge in [-0.1, -0.05) is 17.3 Å². The van der Waals surface area contributed by atoms with Crippen molar-refractivity contribution in [2.45, 2.75) is 13.1 Å². The second kappa shape index (κ2) is 5.32. The summed E-state index contributed by atoms with van der Waals surface area (Å²) in [4.78, 5) is 0. The summed E-state index contributed by atoms with van der Waals surface area (Å²) in [6.07, 6.45) is 1.64. The van der Waals surface area contributed by atoms with E-state index < -0.39 is 0 Å². The van der Waals surface area contributed by atoms with Crippen LogP contribution in [0.3, 0.4) is 0 Å². The number of benzene rings is 1. The minimum Gasteiger partial charge on any atom is -0.497 e. The summed E-state index contributed by atoms with van der Waals surface area (Å²) in [6, 6.07) is 9.81. The third-order valence-corrected chi connectivity index (χ3v) is 2.25. The smallest absolute Gasteiger partial charge is 0.150 e. The number of ether oxygens (including phenoxy) is 1. The molecule has 1 aromatic heterocycles. The van der Waals surface area contributed by atoms with Crippen molar-refractivity contribution in [1.29, 1.82) is 0 Å². The van der Waals surface area contributed by atoms with Gasteiger partial charge in [0.2, 0.25) is 0 Å². The first-order chi connectivity index (χ1) is 7.88. The summed E-state index contributed by atoms with van der Waals surface area (Å²) in [6.45, 7) is 1.45. The van der Waals surface area contributed by atoms with E-state index in [4.69, 9.17) is 9.26 Å². The van der Waals surface area contributed by atoms with Crippen molar-refractivity contribution in [1.82, 2.24) is 10.5 Å². The van der Waals surface area contributed by atoms with E-state index in [0.717, 1.165) is 18.1 Å². The van der Waals surface area contributed by atoms with Crippen molar-refractivity contribution in [2.24, 2.45) is 0 Å². The number of nitrogens with zero attached hydrogens (tertiary/aromatic N) is 1. The number of aromatic nitrogens is 1. The first-order valence-corrected chi connectivity index (χ1v) is 5.11. The first kappa shape index (κ1) is 10.7. The molecule has 2 rings (SSSR count). The van der Waals surface area contributed by atoms with Crippen molar-refractivity contribution >= 4 is 0 Å². The average Bonchev–Trinajstić information content (AvgIpc) is 2.82. The van der Waals surface area contributed by atoms with Gasteiger partial charge in [0, 0.05) is 12.6 Å². The average molecular weight is 218 g/mol. The summed E-state index contributed by atoms with van der Waals surface area (Å²) in [5, 5.41) is 6.91. The van der Waals surface area contributed by atoms with Gasteiger partial charge in [0.25, 0.3) is 0 Å². The van der Waals surface area contributed by atoms with Gasteiger partial charge in [-0.05, 0) is 17.7 Å². The van der Waals surface area contributed by atoms with Crippen molar-refractivity contribution < 1.29 is 9.26 Å². The Kier molecular flexibility index (Phi) is 3.56. The lowest BCUT2D eigenvalue weighted by Crippen LogP contribution is -2.12. The van der Waals surface area contributed by atoms with Crippen LogP contribution in [0.25, 0.3) is 0 Å². The SMILES string of the molecule is COc1cccc(CNCc2ccno2)c1. The highest BCUT2D eigenvalue weighted by atomic mass is 16.5. The number of rotatable bonds is 5. The van der Waals surface area contributed by atoms with Crippen molar-refractivity contribution in [2.75, 3.05) is 7.11 Å². The van der Waals surface area contributed by atoms with Crippen LogP contribution in [0.5, 0.6) is 5.75 Å². The summed E-state index contributed by atoms with van der Waals surface area (Å²) in [7, 11) is 1.67.